The van der Waals surface area contributed by atoms with Crippen LogP contribution in [0.4, 0.5) is 5.69 Å². The minimum atomic E-state index is -0.669. The zero-order chi connectivity index (χ0) is 10.6. The number of carbonyl (C=O) groups excluding carboxylic acids is 1. The van der Waals surface area contributed by atoms with E-state index < -0.39 is 5.91 Å². The molecule has 5 N–H and O–H groups in total. The van der Waals surface area contributed by atoms with Gasteiger partial charge >= 0.3 is 0 Å². The molecule has 0 atom stereocenters. The number of hydrogen-bond acceptors (Lipinski definition) is 5. The number of aromatic nitrogens is 1. The van der Waals surface area contributed by atoms with Gasteiger partial charge in [-0.1, -0.05) is 0 Å². The first kappa shape index (κ1) is 10.3. The van der Waals surface area contributed by atoms with E-state index in [9.17, 15) is 4.79 Å². The van der Waals surface area contributed by atoms with E-state index in [-0.39, 0.29) is 24.7 Å². The summed E-state index contributed by atoms with van der Waals surface area (Å²) >= 11 is 0. The van der Waals surface area contributed by atoms with Crippen LogP contribution in [0.25, 0.3) is 0 Å². The number of rotatable bonds is 4. The summed E-state index contributed by atoms with van der Waals surface area (Å²) in [4.78, 5) is 14.7. The fourth-order valence-corrected chi connectivity index (χ4v) is 0.902. The molecule has 1 heterocycles. The quantitative estimate of drug-likeness (QED) is 0.581. The summed E-state index contributed by atoms with van der Waals surface area (Å²) in [6.07, 6.45) is 1.35. The lowest BCUT2D eigenvalue weighted by Crippen LogP contribution is -2.15. The van der Waals surface area contributed by atoms with Crippen LogP contribution >= 0.6 is 0 Å². The molecule has 1 aromatic rings. The van der Waals surface area contributed by atoms with E-state index in [0.717, 1.165) is 0 Å². The van der Waals surface area contributed by atoms with Gasteiger partial charge < -0.3 is 21.3 Å². The number of nitrogen functional groups attached to an aromatic ring is 1. The Bertz CT molecular complexity index is 341. The highest BCUT2D eigenvalue weighted by Crippen LogP contribution is 2.16. The third kappa shape index (κ3) is 2.33. The molecule has 0 aliphatic carbocycles. The van der Waals surface area contributed by atoms with Crippen molar-refractivity contribution >= 4 is 11.6 Å². The Morgan fingerprint density at radius 1 is 1.64 bits per heavy atom. The molecule has 1 aromatic heterocycles. The Balaban J connectivity index is 2.96. The SMILES string of the molecule is NC(=O)c1cc(N)cnc1OCCO. The van der Waals surface area contributed by atoms with Gasteiger partial charge in [-0.25, -0.2) is 4.98 Å². The number of aliphatic hydroxyl groups is 1. The van der Waals surface area contributed by atoms with Gasteiger partial charge in [-0.3, -0.25) is 4.79 Å². The Labute approximate surface area is 80.5 Å². The molecule has 0 saturated carbocycles. The fourth-order valence-electron chi connectivity index (χ4n) is 0.902. The van der Waals surface area contributed by atoms with Gasteiger partial charge in [-0.15, -0.1) is 0 Å². The lowest BCUT2D eigenvalue weighted by atomic mass is 10.2. The van der Waals surface area contributed by atoms with Crippen LogP contribution in [0.3, 0.4) is 0 Å². The summed E-state index contributed by atoms with van der Waals surface area (Å²) in [6, 6.07) is 1.38. The normalized spacial score (nSPS) is 9.79. The number of hydrogen-bond donors (Lipinski definition) is 3. The van der Waals surface area contributed by atoms with E-state index in [4.69, 9.17) is 21.3 Å². The molecule has 0 aliphatic rings. The molecule has 0 saturated heterocycles. The maximum atomic E-state index is 10.9. The van der Waals surface area contributed by atoms with Gasteiger partial charge in [0, 0.05) is 0 Å². The number of nitrogens with zero attached hydrogens (tertiary/aromatic N) is 1. The van der Waals surface area contributed by atoms with Gasteiger partial charge in [-0.05, 0) is 6.07 Å². The molecule has 1 rings (SSSR count). The summed E-state index contributed by atoms with van der Waals surface area (Å²) < 4.78 is 4.99. The van der Waals surface area contributed by atoms with Gasteiger partial charge in [0.15, 0.2) is 0 Å². The van der Waals surface area contributed by atoms with Crippen molar-refractivity contribution in [3.8, 4) is 5.88 Å². The second-order valence-corrected chi connectivity index (χ2v) is 2.56. The van der Waals surface area contributed by atoms with E-state index in [0.29, 0.717) is 5.69 Å². The third-order valence-corrected chi connectivity index (χ3v) is 1.47. The van der Waals surface area contributed by atoms with E-state index in [2.05, 4.69) is 4.98 Å². The molecule has 14 heavy (non-hydrogen) atoms. The molecule has 6 heteroatoms. The topological polar surface area (TPSA) is 111 Å². The smallest absolute Gasteiger partial charge is 0.254 e. The highest BCUT2D eigenvalue weighted by atomic mass is 16.5. The fraction of sp³-hybridized carbons (Fsp3) is 0.250. The largest absolute Gasteiger partial charge is 0.475 e. The van der Waals surface area contributed by atoms with Crippen molar-refractivity contribution < 1.29 is 14.6 Å². The number of ether oxygens (including phenoxy) is 1. The molecule has 0 radical (unpaired) electrons. The van der Waals surface area contributed by atoms with Crippen LogP contribution < -0.4 is 16.2 Å². The third-order valence-electron chi connectivity index (χ3n) is 1.47. The monoisotopic (exact) mass is 197 g/mol. The van der Waals surface area contributed by atoms with Crippen LogP contribution in [0.1, 0.15) is 10.4 Å². The molecule has 0 aliphatic heterocycles. The maximum absolute atomic E-state index is 10.9. The number of aliphatic hydroxyl groups excluding tert-OH is 1. The Kier molecular flexibility index (Phi) is 3.24. The van der Waals surface area contributed by atoms with Crippen LogP contribution in [-0.4, -0.2) is 29.2 Å². The lowest BCUT2D eigenvalue weighted by Gasteiger charge is -2.07. The average Bonchev–Trinajstić information content (AvgIpc) is 2.15. The molecule has 0 bridgehead atoms. The maximum Gasteiger partial charge on any atom is 0.254 e. The van der Waals surface area contributed by atoms with Crippen molar-refractivity contribution in [3.05, 3.63) is 17.8 Å². The molecule has 0 fully saturated rings. The molecule has 0 unspecified atom stereocenters. The van der Waals surface area contributed by atoms with Crippen molar-refractivity contribution in [2.24, 2.45) is 5.73 Å². The van der Waals surface area contributed by atoms with Crippen molar-refractivity contribution in [3.63, 3.8) is 0 Å². The molecule has 1 amide bonds. The predicted molar refractivity (Wildman–Crippen MR) is 49.7 cm³/mol. The molecule has 0 aromatic carbocycles. The number of pyridine rings is 1. The Morgan fingerprint density at radius 2 is 2.36 bits per heavy atom. The highest BCUT2D eigenvalue weighted by molar-refractivity contribution is 5.95. The van der Waals surface area contributed by atoms with Crippen LogP contribution in [0, 0.1) is 0 Å². The first-order valence-electron chi connectivity index (χ1n) is 3.94. The number of primary amides is 1. The lowest BCUT2D eigenvalue weighted by molar-refractivity contribution is 0.0993. The van der Waals surface area contributed by atoms with E-state index in [1.165, 1.54) is 12.3 Å². The van der Waals surface area contributed by atoms with E-state index in [1.807, 2.05) is 0 Å². The number of amides is 1. The summed E-state index contributed by atoms with van der Waals surface area (Å²) in [5, 5.41) is 8.52. The van der Waals surface area contributed by atoms with Crippen LogP contribution in [0.5, 0.6) is 5.88 Å². The Hall–Kier alpha value is -1.82. The van der Waals surface area contributed by atoms with Crippen molar-refractivity contribution in [2.45, 2.75) is 0 Å². The summed E-state index contributed by atoms with van der Waals surface area (Å²) in [7, 11) is 0. The molecule has 0 spiro atoms. The average molecular weight is 197 g/mol. The van der Waals surface area contributed by atoms with Gasteiger partial charge in [0.25, 0.3) is 5.91 Å². The standard InChI is InChI=1S/C8H11N3O3/c9-5-3-6(7(10)13)8(11-4-5)14-2-1-12/h3-4,12H,1-2,9H2,(H2,10,13). The number of anilines is 1. The van der Waals surface area contributed by atoms with E-state index >= 15 is 0 Å². The zero-order valence-corrected chi connectivity index (χ0v) is 7.43. The zero-order valence-electron chi connectivity index (χ0n) is 7.43. The first-order chi connectivity index (χ1) is 6.65. The van der Waals surface area contributed by atoms with Gasteiger partial charge in [0.05, 0.1) is 18.5 Å². The summed E-state index contributed by atoms with van der Waals surface area (Å²) in [5.41, 5.74) is 10.9. The van der Waals surface area contributed by atoms with Crippen LogP contribution in [0.15, 0.2) is 12.3 Å². The van der Waals surface area contributed by atoms with Gasteiger partial charge in [-0.2, -0.15) is 0 Å². The van der Waals surface area contributed by atoms with Crippen molar-refractivity contribution in [1.29, 1.82) is 0 Å². The number of carbonyl (C=O) groups is 1. The first-order valence-corrected chi connectivity index (χ1v) is 3.94. The van der Waals surface area contributed by atoms with Crippen molar-refractivity contribution in [2.75, 3.05) is 18.9 Å². The second kappa shape index (κ2) is 4.43. The molecular formula is C8H11N3O3. The van der Waals surface area contributed by atoms with Crippen LogP contribution in [-0.2, 0) is 0 Å². The minimum absolute atomic E-state index is 0.0528. The summed E-state index contributed by atoms with van der Waals surface area (Å²) in [5.74, 6) is -0.585. The molecule has 6 nitrogen and oxygen atoms in total. The van der Waals surface area contributed by atoms with E-state index in [1.54, 1.807) is 0 Å². The van der Waals surface area contributed by atoms with Gasteiger partial charge in [0.1, 0.15) is 12.2 Å². The molecular weight excluding hydrogens is 186 g/mol. The Morgan fingerprint density at radius 3 is 2.93 bits per heavy atom. The predicted octanol–water partition coefficient (Wildman–Crippen LogP) is -0.866. The van der Waals surface area contributed by atoms with Gasteiger partial charge in [0.2, 0.25) is 5.88 Å². The van der Waals surface area contributed by atoms with Crippen LogP contribution in [0.2, 0.25) is 0 Å². The number of nitrogens with two attached hydrogens (primary N) is 2. The second-order valence-electron chi connectivity index (χ2n) is 2.56. The van der Waals surface area contributed by atoms with Crippen molar-refractivity contribution in [1.82, 2.24) is 4.98 Å². The molecule has 76 valence electrons. The minimum Gasteiger partial charge on any atom is -0.475 e. The highest BCUT2D eigenvalue weighted by Gasteiger charge is 2.10. The summed E-state index contributed by atoms with van der Waals surface area (Å²) in [6.45, 7) is -0.110.